The van der Waals surface area contributed by atoms with Crippen LogP contribution in [0.2, 0.25) is 5.02 Å². The van der Waals surface area contributed by atoms with Crippen LogP contribution in [0.4, 0.5) is 11.4 Å². The van der Waals surface area contributed by atoms with Gasteiger partial charge in [-0.15, -0.1) is 0 Å². The molecule has 1 aromatic carbocycles. The summed E-state index contributed by atoms with van der Waals surface area (Å²) in [6.45, 7) is 0. The molecule has 0 aliphatic heterocycles. The number of hydrogen-bond acceptors (Lipinski definition) is 2. The molecule has 0 spiro atoms. The molecule has 0 aliphatic carbocycles. The molecule has 1 aromatic rings. The molecule has 1 rings (SSSR count). The largest absolute Gasteiger partial charge is 0.397 e. The molecule has 0 bridgehead atoms. The molecule has 0 fully saturated rings. The van der Waals surface area contributed by atoms with Gasteiger partial charge in [0, 0.05) is 18.6 Å². The fourth-order valence-electron chi connectivity index (χ4n) is 0.939. The van der Waals surface area contributed by atoms with Gasteiger partial charge in [-0.2, -0.15) is 0 Å². The number of halogens is 2. The van der Waals surface area contributed by atoms with Gasteiger partial charge in [0.25, 0.3) is 0 Å². The number of nitrogens with two attached hydrogens (primary N) is 1. The fourth-order valence-corrected chi connectivity index (χ4v) is 1.46. The summed E-state index contributed by atoms with van der Waals surface area (Å²) in [7, 11) is 3.85. The van der Waals surface area contributed by atoms with Crippen LogP contribution in [0, 0.1) is 0 Å². The number of benzene rings is 1. The number of anilines is 2. The third-order valence-electron chi connectivity index (χ3n) is 1.55. The van der Waals surface area contributed by atoms with Crippen molar-refractivity contribution in [3.63, 3.8) is 0 Å². The number of rotatable bonds is 1. The van der Waals surface area contributed by atoms with E-state index in [2.05, 4.69) is 15.9 Å². The van der Waals surface area contributed by atoms with Crippen molar-refractivity contribution in [3.05, 3.63) is 21.6 Å². The highest BCUT2D eigenvalue weighted by molar-refractivity contribution is 9.10. The molecular weight excluding hydrogens is 239 g/mol. The van der Waals surface area contributed by atoms with Gasteiger partial charge in [-0.05, 0) is 28.1 Å². The summed E-state index contributed by atoms with van der Waals surface area (Å²) in [4.78, 5) is 1.92. The average molecular weight is 250 g/mol. The van der Waals surface area contributed by atoms with Gasteiger partial charge >= 0.3 is 0 Å². The van der Waals surface area contributed by atoms with Gasteiger partial charge in [0.2, 0.25) is 0 Å². The van der Waals surface area contributed by atoms with Crippen LogP contribution in [-0.4, -0.2) is 14.1 Å². The highest BCUT2D eigenvalue weighted by atomic mass is 79.9. The van der Waals surface area contributed by atoms with Crippen LogP contribution in [0.25, 0.3) is 0 Å². The highest BCUT2D eigenvalue weighted by Crippen LogP contribution is 2.32. The summed E-state index contributed by atoms with van der Waals surface area (Å²) in [5.41, 5.74) is 7.41. The van der Waals surface area contributed by atoms with Gasteiger partial charge in [-0.25, -0.2) is 0 Å². The predicted octanol–water partition coefficient (Wildman–Crippen LogP) is 2.75. The summed E-state index contributed by atoms with van der Waals surface area (Å²) >= 11 is 9.20. The lowest BCUT2D eigenvalue weighted by Gasteiger charge is -2.15. The Morgan fingerprint density at radius 1 is 1.42 bits per heavy atom. The van der Waals surface area contributed by atoms with Gasteiger partial charge < -0.3 is 10.6 Å². The Labute approximate surface area is 85.4 Å². The molecule has 0 saturated heterocycles. The minimum atomic E-state index is 0.674. The molecule has 66 valence electrons. The quantitative estimate of drug-likeness (QED) is 0.776. The smallest absolute Gasteiger partial charge is 0.0610 e. The molecule has 0 radical (unpaired) electrons. The molecule has 2 N–H and O–H groups in total. The standard InChI is InChI=1S/C8H10BrClN2/c1-12(2)8-4-6(10)5(9)3-7(8)11/h3-4H,11H2,1-2H3. The molecule has 2 nitrogen and oxygen atoms in total. The van der Waals surface area contributed by atoms with E-state index in [1.54, 1.807) is 6.07 Å². The molecule has 0 heterocycles. The maximum Gasteiger partial charge on any atom is 0.0610 e. The van der Waals surface area contributed by atoms with E-state index in [1.807, 2.05) is 25.1 Å². The van der Waals surface area contributed by atoms with Crippen LogP contribution in [-0.2, 0) is 0 Å². The van der Waals surface area contributed by atoms with E-state index in [0.29, 0.717) is 5.02 Å². The van der Waals surface area contributed by atoms with Crippen molar-refractivity contribution < 1.29 is 0 Å². The lowest BCUT2D eigenvalue weighted by atomic mass is 10.2. The number of nitrogens with zero attached hydrogens (tertiary/aromatic N) is 1. The summed E-state index contributed by atoms with van der Waals surface area (Å²) < 4.78 is 0.826. The van der Waals surface area contributed by atoms with Crippen molar-refractivity contribution in [1.29, 1.82) is 0 Å². The molecule has 0 amide bonds. The van der Waals surface area contributed by atoms with Crippen LogP contribution in [0.1, 0.15) is 0 Å². The molecule has 0 saturated carbocycles. The van der Waals surface area contributed by atoms with Crippen molar-refractivity contribution in [2.75, 3.05) is 24.7 Å². The van der Waals surface area contributed by atoms with E-state index in [1.165, 1.54) is 0 Å². The zero-order valence-corrected chi connectivity index (χ0v) is 9.28. The fraction of sp³-hybridized carbons (Fsp3) is 0.250. The van der Waals surface area contributed by atoms with Crippen molar-refractivity contribution in [1.82, 2.24) is 0 Å². The van der Waals surface area contributed by atoms with E-state index >= 15 is 0 Å². The van der Waals surface area contributed by atoms with E-state index < -0.39 is 0 Å². The van der Waals surface area contributed by atoms with Crippen LogP contribution in [0.3, 0.4) is 0 Å². The molecule has 12 heavy (non-hydrogen) atoms. The van der Waals surface area contributed by atoms with Gasteiger partial charge in [0.1, 0.15) is 0 Å². The topological polar surface area (TPSA) is 29.3 Å². The maximum absolute atomic E-state index is 5.90. The summed E-state index contributed by atoms with van der Waals surface area (Å²) in [6.07, 6.45) is 0. The predicted molar refractivity (Wildman–Crippen MR) is 57.9 cm³/mol. The van der Waals surface area contributed by atoms with Crippen LogP contribution >= 0.6 is 27.5 Å². The zero-order chi connectivity index (χ0) is 9.30. The lowest BCUT2D eigenvalue weighted by Crippen LogP contribution is -2.10. The van der Waals surface area contributed by atoms with E-state index in [-0.39, 0.29) is 0 Å². The number of nitrogen functional groups attached to an aromatic ring is 1. The molecule has 0 aromatic heterocycles. The van der Waals surface area contributed by atoms with Crippen LogP contribution < -0.4 is 10.6 Å². The monoisotopic (exact) mass is 248 g/mol. The lowest BCUT2D eigenvalue weighted by molar-refractivity contribution is 1.13. The first kappa shape index (κ1) is 9.68. The van der Waals surface area contributed by atoms with E-state index in [9.17, 15) is 0 Å². The number of hydrogen-bond donors (Lipinski definition) is 1. The average Bonchev–Trinajstić information content (AvgIpc) is 1.96. The molecule has 4 heteroatoms. The Hall–Kier alpha value is -0.410. The van der Waals surface area contributed by atoms with Gasteiger partial charge in [-0.1, -0.05) is 11.6 Å². The Kier molecular flexibility index (Phi) is 2.85. The van der Waals surface area contributed by atoms with Gasteiger partial charge in [0.05, 0.1) is 16.4 Å². The molecule has 0 unspecified atom stereocenters. The minimum Gasteiger partial charge on any atom is -0.397 e. The first-order valence-electron chi connectivity index (χ1n) is 3.44. The van der Waals surface area contributed by atoms with Gasteiger partial charge in [0.15, 0.2) is 0 Å². The van der Waals surface area contributed by atoms with E-state index in [4.69, 9.17) is 17.3 Å². The van der Waals surface area contributed by atoms with Crippen molar-refractivity contribution >= 4 is 38.9 Å². The Bertz CT molecular complexity index is 299. The van der Waals surface area contributed by atoms with Crippen LogP contribution in [0.15, 0.2) is 16.6 Å². The Balaban J connectivity index is 3.23. The maximum atomic E-state index is 5.90. The Morgan fingerprint density at radius 3 is 2.50 bits per heavy atom. The second-order valence-electron chi connectivity index (χ2n) is 2.72. The molecule has 0 atom stereocenters. The van der Waals surface area contributed by atoms with E-state index in [0.717, 1.165) is 15.8 Å². The normalized spacial score (nSPS) is 10.0. The van der Waals surface area contributed by atoms with Gasteiger partial charge in [-0.3, -0.25) is 0 Å². The summed E-state index contributed by atoms with van der Waals surface area (Å²) in [5.74, 6) is 0. The Morgan fingerprint density at radius 2 is 2.00 bits per heavy atom. The zero-order valence-electron chi connectivity index (χ0n) is 6.94. The third kappa shape index (κ3) is 1.84. The van der Waals surface area contributed by atoms with Crippen molar-refractivity contribution in [2.24, 2.45) is 0 Å². The SMILES string of the molecule is CN(C)c1cc(Cl)c(Br)cc1N. The van der Waals surface area contributed by atoms with Crippen molar-refractivity contribution in [3.8, 4) is 0 Å². The highest BCUT2D eigenvalue weighted by Gasteiger charge is 2.05. The summed E-state index contributed by atoms with van der Waals surface area (Å²) in [5, 5.41) is 0.674. The molecular formula is C8H10BrClN2. The third-order valence-corrected chi connectivity index (χ3v) is 2.75. The first-order chi connectivity index (χ1) is 5.52. The first-order valence-corrected chi connectivity index (χ1v) is 4.61. The molecule has 0 aliphatic rings. The second-order valence-corrected chi connectivity index (χ2v) is 3.98. The second kappa shape index (κ2) is 3.54. The van der Waals surface area contributed by atoms with Crippen LogP contribution in [0.5, 0.6) is 0 Å². The summed E-state index contributed by atoms with van der Waals surface area (Å²) in [6, 6.07) is 3.64. The van der Waals surface area contributed by atoms with Crippen molar-refractivity contribution in [2.45, 2.75) is 0 Å². The minimum absolute atomic E-state index is 0.674.